The number of aryl methyl sites for hydroxylation is 2. The number of aliphatic carboxylic acids is 2. The van der Waals surface area contributed by atoms with Gasteiger partial charge in [0, 0.05) is 22.3 Å². The molecule has 0 saturated heterocycles. The second-order valence-corrected chi connectivity index (χ2v) is 21.5. The van der Waals surface area contributed by atoms with Gasteiger partial charge in [0.15, 0.2) is 12.2 Å². The molecular weight excluding hydrogens is 861 g/mol. The van der Waals surface area contributed by atoms with E-state index in [1.165, 1.54) is 6.08 Å². The Hall–Kier alpha value is -5.42. The number of ether oxygens (including phenoxy) is 4. The summed E-state index contributed by atoms with van der Waals surface area (Å²) in [6, 6.07) is 15.5. The molecule has 0 unspecified atom stereocenters. The third-order valence-corrected chi connectivity index (χ3v) is 12.9. The van der Waals surface area contributed by atoms with Crippen molar-refractivity contribution in [3.63, 3.8) is 0 Å². The summed E-state index contributed by atoms with van der Waals surface area (Å²) in [7, 11) is -7.37. The molecule has 0 aliphatic carbocycles. The predicted octanol–water partition coefficient (Wildman–Crippen LogP) is 9.61. The minimum atomic E-state index is -3.77. The van der Waals surface area contributed by atoms with Crippen LogP contribution in [0, 0.1) is 41.5 Å². The molecular formula is C48H60N2O12S2. The van der Waals surface area contributed by atoms with Crippen LogP contribution in [0.5, 0.6) is 11.5 Å². The Morgan fingerprint density at radius 3 is 1.44 bits per heavy atom. The molecule has 6 rings (SSSR count). The molecule has 4 aromatic rings. The number of sulfonamides is 2. The van der Waals surface area contributed by atoms with Crippen molar-refractivity contribution in [3.05, 3.63) is 105 Å². The van der Waals surface area contributed by atoms with Gasteiger partial charge in [0.25, 0.3) is 10.0 Å². The maximum Gasteiger partial charge on any atom is 0.337 e. The summed E-state index contributed by atoms with van der Waals surface area (Å²) >= 11 is 0. The number of nitrogens with one attached hydrogen (secondary N) is 2. The van der Waals surface area contributed by atoms with Gasteiger partial charge in [-0.15, -0.1) is 0 Å². The summed E-state index contributed by atoms with van der Waals surface area (Å²) in [5, 5.41) is 21.3. The van der Waals surface area contributed by atoms with Crippen LogP contribution in [0.4, 0.5) is 11.4 Å². The number of fused-ring (bicyclic) bond motifs is 2. The van der Waals surface area contributed by atoms with Crippen LogP contribution in [-0.4, -0.2) is 69.2 Å². The molecule has 64 heavy (non-hydrogen) atoms. The summed E-state index contributed by atoms with van der Waals surface area (Å²) in [6.45, 7) is 22.0. The van der Waals surface area contributed by atoms with Crippen LogP contribution in [0.15, 0.2) is 60.0 Å². The predicted molar refractivity (Wildman–Crippen MR) is 249 cm³/mol. The average Bonchev–Trinajstić information content (AvgIpc) is 3.16. The molecule has 0 radical (unpaired) electrons. The molecule has 0 aromatic heterocycles. The molecule has 0 saturated carbocycles. The Morgan fingerprint density at radius 2 is 1.03 bits per heavy atom. The van der Waals surface area contributed by atoms with Gasteiger partial charge in [-0.05, 0) is 129 Å². The molecule has 0 bridgehead atoms. The third kappa shape index (κ3) is 11.6. The highest BCUT2D eigenvalue weighted by Crippen LogP contribution is 2.49. The van der Waals surface area contributed by atoms with E-state index in [1.54, 1.807) is 62.3 Å². The van der Waals surface area contributed by atoms with Gasteiger partial charge in [-0.3, -0.25) is 9.44 Å². The highest BCUT2D eigenvalue weighted by Gasteiger charge is 2.37. The zero-order valence-corrected chi connectivity index (χ0v) is 40.2. The number of rotatable bonds is 8. The quantitative estimate of drug-likeness (QED) is 0.130. The van der Waals surface area contributed by atoms with Gasteiger partial charge in [-0.2, -0.15) is 0 Å². The van der Waals surface area contributed by atoms with Crippen molar-refractivity contribution in [1.29, 1.82) is 0 Å². The normalized spacial score (nSPS) is 16.9. The number of carboxylic acids is 2. The number of carboxylic acid groups (broad SMARTS) is 2. The van der Waals surface area contributed by atoms with Crippen molar-refractivity contribution in [2.45, 2.75) is 113 Å². The van der Waals surface area contributed by atoms with Crippen molar-refractivity contribution in [3.8, 4) is 33.8 Å². The van der Waals surface area contributed by atoms with Crippen LogP contribution < -0.4 is 18.9 Å². The molecule has 0 amide bonds. The number of carbonyl (C=O) groups is 2. The Bertz CT molecular complexity index is 2680. The van der Waals surface area contributed by atoms with Gasteiger partial charge in [0.1, 0.15) is 18.1 Å². The topological polar surface area (TPSA) is 204 Å². The lowest BCUT2D eigenvalue weighted by atomic mass is 9.86. The SMILES string of the molecule is Cc1ccc(-c2c(C)c3c(c(C)c2[C@H](OC(C)(C)C)C(=O)O)NS(=O)(=O)/C=C\CO3)cc1.Cc1ccc(-c2c(C)c3c(c(C)c2[C@H](OC(C)(C)C)C(=O)O)NS(=O)(=O)CCCO3)cc1. The lowest BCUT2D eigenvalue weighted by Gasteiger charge is -2.31. The lowest BCUT2D eigenvalue weighted by Crippen LogP contribution is -2.29. The smallest absolute Gasteiger partial charge is 0.337 e. The molecule has 2 heterocycles. The van der Waals surface area contributed by atoms with Crippen LogP contribution in [0.25, 0.3) is 22.3 Å². The third-order valence-electron chi connectivity index (χ3n) is 10.5. The van der Waals surface area contributed by atoms with Crippen LogP contribution in [-0.2, 0) is 39.1 Å². The Balaban J connectivity index is 0.000000241. The van der Waals surface area contributed by atoms with Crippen LogP contribution in [0.3, 0.4) is 0 Å². The minimum Gasteiger partial charge on any atom is -0.491 e. The summed E-state index contributed by atoms with van der Waals surface area (Å²) in [6.07, 6.45) is -0.840. The minimum absolute atomic E-state index is 0.0686. The fourth-order valence-corrected chi connectivity index (χ4v) is 9.80. The standard InChI is InChI=1S/C24H31NO6S.C24H29NO6S/c2*1-14-8-10-17(11-9-14)18-16(3)21-20(25-32(28,29)13-7-12-30-21)15(2)19(18)22(23(26)27)31-24(4,5)6/h8-11,22,25H,7,12-13H2,1-6H3,(H,26,27);7-11,13,22,25H,12H2,1-6H3,(H,26,27)/b;13-7-/t2*22-/m00/s1. The molecule has 0 fully saturated rings. The first-order chi connectivity index (χ1) is 29.6. The molecule has 4 aromatic carbocycles. The van der Waals surface area contributed by atoms with E-state index in [4.69, 9.17) is 18.9 Å². The zero-order chi connectivity index (χ0) is 47.7. The monoisotopic (exact) mass is 920 g/mol. The maximum atomic E-state index is 12.6. The molecule has 4 N–H and O–H groups in total. The van der Waals surface area contributed by atoms with E-state index in [0.717, 1.165) is 27.7 Å². The number of anilines is 2. The highest BCUT2D eigenvalue weighted by atomic mass is 32.2. The van der Waals surface area contributed by atoms with Gasteiger partial charge in [-0.1, -0.05) is 59.7 Å². The van der Waals surface area contributed by atoms with E-state index in [9.17, 15) is 36.6 Å². The van der Waals surface area contributed by atoms with Gasteiger partial charge in [0.2, 0.25) is 10.0 Å². The Labute approximate surface area is 377 Å². The van der Waals surface area contributed by atoms with Crippen molar-refractivity contribution >= 4 is 43.4 Å². The first-order valence-electron chi connectivity index (χ1n) is 20.9. The summed E-state index contributed by atoms with van der Waals surface area (Å²) < 4.78 is 79.2. The fraction of sp³-hybridized carbons (Fsp3) is 0.417. The van der Waals surface area contributed by atoms with Gasteiger partial charge >= 0.3 is 11.9 Å². The molecule has 14 nitrogen and oxygen atoms in total. The molecule has 2 aliphatic heterocycles. The van der Waals surface area contributed by atoms with Gasteiger partial charge in [0.05, 0.1) is 40.3 Å². The summed E-state index contributed by atoms with van der Waals surface area (Å²) in [4.78, 5) is 24.8. The van der Waals surface area contributed by atoms with E-state index < -0.39 is 55.4 Å². The van der Waals surface area contributed by atoms with Crippen molar-refractivity contribution < 1.29 is 55.6 Å². The van der Waals surface area contributed by atoms with Crippen LogP contribution >= 0.6 is 0 Å². The van der Waals surface area contributed by atoms with Crippen LogP contribution in [0.1, 0.15) is 105 Å². The molecule has 16 heteroatoms. The molecule has 2 aliphatic rings. The first-order valence-corrected chi connectivity index (χ1v) is 24.1. The molecule has 2 atom stereocenters. The van der Waals surface area contributed by atoms with E-state index in [2.05, 4.69) is 9.44 Å². The largest absolute Gasteiger partial charge is 0.491 e. The number of hydrogen-bond acceptors (Lipinski definition) is 10. The van der Waals surface area contributed by atoms with Gasteiger partial charge in [-0.25, -0.2) is 26.4 Å². The first kappa shape index (κ1) is 49.6. The van der Waals surface area contributed by atoms with E-state index in [1.807, 2.05) is 69.3 Å². The number of hydrogen-bond donors (Lipinski definition) is 4. The van der Waals surface area contributed by atoms with Crippen molar-refractivity contribution in [2.75, 3.05) is 28.4 Å². The lowest BCUT2D eigenvalue weighted by molar-refractivity contribution is -0.161. The summed E-state index contributed by atoms with van der Waals surface area (Å²) in [5.41, 5.74) is 7.09. The maximum absolute atomic E-state index is 12.6. The van der Waals surface area contributed by atoms with Crippen molar-refractivity contribution in [1.82, 2.24) is 0 Å². The van der Waals surface area contributed by atoms with Crippen LogP contribution in [0.2, 0.25) is 0 Å². The highest BCUT2D eigenvalue weighted by molar-refractivity contribution is 7.95. The second-order valence-electron chi connectivity index (χ2n) is 18.1. The van der Waals surface area contributed by atoms with E-state index in [0.29, 0.717) is 62.4 Å². The molecule has 0 spiro atoms. The summed E-state index contributed by atoms with van der Waals surface area (Å²) in [5.74, 6) is -1.59. The average molecular weight is 921 g/mol. The Kier molecular flexibility index (Phi) is 14.7. The van der Waals surface area contributed by atoms with E-state index >= 15 is 0 Å². The molecule has 346 valence electrons. The fourth-order valence-electron chi connectivity index (χ4n) is 7.71. The number of benzene rings is 4. The Morgan fingerprint density at radius 1 is 0.625 bits per heavy atom. The second kappa shape index (κ2) is 19.0. The zero-order valence-electron chi connectivity index (χ0n) is 38.6. The van der Waals surface area contributed by atoms with Crippen molar-refractivity contribution in [2.24, 2.45) is 0 Å². The van der Waals surface area contributed by atoms with E-state index in [-0.39, 0.29) is 30.3 Å². The van der Waals surface area contributed by atoms with Gasteiger partial charge < -0.3 is 29.2 Å².